The summed E-state index contributed by atoms with van der Waals surface area (Å²) in [5, 5.41) is 24.9. The van der Waals surface area contributed by atoms with Crippen LogP contribution in [0.4, 0.5) is 14.9 Å². The van der Waals surface area contributed by atoms with E-state index in [9.17, 15) is 19.4 Å². The third kappa shape index (κ3) is 5.84. The number of halogens is 1. The number of rotatable bonds is 6. The first-order chi connectivity index (χ1) is 13.9. The van der Waals surface area contributed by atoms with E-state index in [-0.39, 0.29) is 29.7 Å². The summed E-state index contributed by atoms with van der Waals surface area (Å²) in [7, 11) is 0. The average Bonchev–Trinajstić information content (AvgIpc) is 2.69. The molecule has 0 saturated carbocycles. The number of phenols is 1. The van der Waals surface area contributed by atoms with Crippen LogP contribution in [0.2, 0.25) is 0 Å². The third-order valence-electron chi connectivity index (χ3n) is 5.22. The number of anilines is 1. The first-order valence-electron chi connectivity index (χ1n) is 9.97. The SMILES string of the molecule is CC(NC(=O)NCCc1cccc(O)c1)c1cc(F)ccc1N1CCC(O)CC1. The van der Waals surface area contributed by atoms with Crippen LogP contribution in [0, 0.1) is 5.82 Å². The molecule has 1 saturated heterocycles. The van der Waals surface area contributed by atoms with Gasteiger partial charge in [-0.1, -0.05) is 12.1 Å². The van der Waals surface area contributed by atoms with Crippen molar-refractivity contribution in [1.82, 2.24) is 10.6 Å². The van der Waals surface area contributed by atoms with E-state index >= 15 is 0 Å². The second kappa shape index (κ2) is 9.60. The van der Waals surface area contributed by atoms with Crippen LogP contribution in [0.15, 0.2) is 42.5 Å². The monoisotopic (exact) mass is 401 g/mol. The number of hydrogen-bond donors (Lipinski definition) is 4. The number of amides is 2. The molecule has 0 spiro atoms. The first kappa shape index (κ1) is 20.9. The van der Waals surface area contributed by atoms with Crippen LogP contribution in [0.5, 0.6) is 5.75 Å². The molecule has 29 heavy (non-hydrogen) atoms. The van der Waals surface area contributed by atoms with Gasteiger partial charge in [0.1, 0.15) is 11.6 Å². The summed E-state index contributed by atoms with van der Waals surface area (Å²) in [4.78, 5) is 14.4. The van der Waals surface area contributed by atoms with Crippen LogP contribution in [-0.4, -0.2) is 42.0 Å². The van der Waals surface area contributed by atoms with Crippen molar-refractivity contribution < 1.29 is 19.4 Å². The van der Waals surface area contributed by atoms with Crippen molar-refractivity contribution in [2.45, 2.75) is 38.3 Å². The third-order valence-corrected chi connectivity index (χ3v) is 5.22. The van der Waals surface area contributed by atoms with Crippen molar-refractivity contribution in [3.05, 3.63) is 59.4 Å². The molecule has 3 rings (SSSR count). The number of nitrogens with zero attached hydrogens (tertiary/aromatic N) is 1. The molecule has 1 heterocycles. The van der Waals surface area contributed by atoms with Crippen molar-refractivity contribution in [1.29, 1.82) is 0 Å². The number of nitrogens with one attached hydrogen (secondary N) is 2. The standard InChI is InChI=1S/C22H28FN3O3/c1-15(25-22(29)24-10-7-16-3-2-4-19(28)13-16)20-14-17(23)5-6-21(20)26-11-8-18(27)9-12-26/h2-6,13-15,18,27-28H,7-12H2,1H3,(H2,24,25,29). The first-order valence-corrected chi connectivity index (χ1v) is 9.97. The molecule has 0 aliphatic carbocycles. The van der Waals surface area contributed by atoms with Crippen LogP contribution in [0.1, 0.15) is 36.9 Å². The number of aliphatic hydroxyl groups is 1. The molecule has 0 bridgehead atoms. The van der Waals surface area contributed by atoms with Gasteiger partial charge in [0.15, 0.2) is 0 Å². The second-order valence-corrected chi connectivity index (χ2v) is 7.46. The zero-order chi connectivity index (χ0) is 20.8. The fourth-order valence-corrected chi connectivity index (χ4v) is 3.62. The fraction of sp³-hybridized carbons (Fsp3) is 0.409. The van der Waals surface area contributed by atoms with Gasteiger partial charge in [-0.05, 0) is 62.1 Å². The maximum Gasteiger partial charge on any atom is 0.315 e. The van der Waals surface area contributed by atoms with Gasteiger partial charge in [0.25, 0.3) is 0 Å². The zero-order valence-corrected chi connectivity index (χ0v) is 16.6. The molecule has 1 aliphatic heterocycles. The van der Waals surface area contributed by atoms with Gasteiger partial charge in [0.2, 0.25) is 0 Å². The molecule has 1 fully saturated rings. The van der Waals surface area contributed by atoms with E-state index in [0.29, 0.717) is 44.5 Å². The Balaban J connectivity index is 1.58. The van der Waals surface area contributed by atoms with E-state index in [2.05, 4.69) is 15.5 Å². The van der Waals surface area contributed by atoms with Crippen molar-refractivity contribution in [2.75, 3.05) is 24.5 Å². The van der Waals surface area contributed by atoms with E-state index < -0.39 is 0 Å². The smallest absolute Gasteiger partial charge is 0.315 e. The molecule has 4 N–H and O–H groups in total. The molecule has 156 valence electrons. The van der Waals surface area contributed by atoms with Crippen LogP contribution < -0.4 is 15.5 Å². The number of carbonyl (C=O) groups excluding carboxylic acids is 1. The van der Waals surface area contributed by atoms with Gasteiger partial charge in [-0.15, -0.1) is 0 Å². The lowest BCUT2D eigenvalue weighted by molar-refractivity contribution is 0.145. The quantitative estimate of drug-likeness (QED) is 0.599. The van der Waals surface area contributed by atoms with E-state index in [1.807, 2.05) is 13.0 Å². The average molecular weight is 401 g/mol. The minimum atomic E-state index is -0.381. The Morgan fingerprint density at radius 3 is 2.72 bits per heavy atom. The number of urea groups is 1. The van der Waals surface area contributed by atoms with Crippen molar-refractivity contribution in [2.24, 2.45) is 0 Å². The topological polar surface area (TPSA) is 84.8 Å². The Hall–Kier alpha value is -2.80. The Kier molecular flexibility index (Phi) is 6.93. The van der Waals surface area contributed by atoms with Crippen LogP contribution >= 0.6 is 0 Å². The van der Waals surface area contributed by atoms with Crippen LogP contribution in [0.3, 0.4) is 0 Å². The van der Waals surface area contributed by atoms with E-state index in [0.717, 1.165) is 11.3 Å². The Bertz CT molecular complexity index is 838. The fourth-order valence-electron chi connectivity index (χ4n) is 3.62. The summed E-state index contributed by atoms with van der Waals surface area (Å²) >= 11 is 0. The summed E-state index contributed by atoms with van der Waals surface area (Å²) in [6.07, 6.45) is 1.66. The molecule has 2 aromatic rings. The number of hydrogen-bond acceptors (Lipinski definition) is 4. The summed E-state index contributed by atoms with van der Waals surface area (Å²) in [6, 6.07) is 10.8. The number of aliphatic hydroxyl groups excluding tert-OH is 1. The molecule has 0 aromatic heterocycles. The molecular formula is C22H28FN3O3. The summed E-state index contributed by atoms with van der Waals surface area (Å²) in [5.41, 5.74) is 2.52. The highest BCUT2D eigenvalue weighted by atomic mass is 19.1. The molecule has 1 unspecified atom stereocenters. The molecule has 2 amide bonds. The van der Waals surface area contributed by atoms with E-state index in [1.165, 1.54) is 12.1 Å². The number of aromatic hydroxyl groups is 1. The van der Waals surface area contributed by atoms with Gasteiger partial charge in [-0.2, -0.15) is 0 Å². The van der Waals surface area contributed by atoms with Crippen molar-refractivity contribution in [3.63, 3.8) is 0 Å². The normalized spacial score (nSPS) is 15.8. The lowest BCUT2D eigenvalue weighted by Gasteiger charge is -2.34. The van der Waals surface area contributed by atoms with Crippen molar-refractivity contribution in [3.8, 4) is 5.75 Å². The van der Waals surface area contributed by atoms with E-state index in [4.69, 9.17) is 0 Å². The Morgan fingerprint density at radius 1 is 1.24 bits per heavy atom. The highest BCUT2D eigenvalue weighted by Crippen LogP contribution is 2.29. The Labute approximate surface area is 170 Å². The predicted molar refractivity (Wildman–Crippen MR) is 111 cm³/mol. The highest BCUT2D eigenvalue weighted by Gasteiger charge is 2.22. The van der Waals surface area contributed by atoms with Gasteiger partial charge >= 0.3 is 6.03 Å². The zero-order valence-electron chi connectivity index (χ0n) is 16.6. The largest absolute Gasteiger partial charge is 0.508 e. The molecular weight excluding hydrogens is 373 g/mol. The van der Waals surface area contributed by atoms with Gasteiger partial charge in [-0.25, -0.2) is 9.18 Å². The van der Waals surface area contributed by atoms with Crippen LogP contribution in [0.25, 0.3) is 0 Å². The van der Waals surface area contributed by atoms with Crippen LogP contribution in [-0.2, 0) is 6.42 Å². The highest BCUT2D eigenvalue weighted by molar-refractivity contribution is 5.75. The maximum atomic E-state index is 13.9. The number of carbonyl (C=O) groups is 1. The van der Waals surface area contributed by atoms with Gasteiger partial charge < -0.3 is 25.7 Å². The minimum Gasteiger partial charge on any atom is -0.508 e. The lowest BCUT2D eigenvalue weighted by Crippen LogP contribution is -2.40. The van der Waals surface area contributed by atoms with Gasteiger partial charge in [0, 0.05) is 30.9 Å². The molecule has 1 atom stereocenters. The number of piperidine rings is 1. The van der Waals surface area contributed by atoms with E-state index in [1.54, 1.807) is 24.3 Å². The predicted octanol–water partition coefficient (Wildman–Crippen LogP) is 3.10. The minimum absolute atomic E-state index is 0.199. The summed E-state index contributed by atoms with van der Waals surface area (Å²) in [6.45, 7) is 3.64. The maximum absolute atomic E-state index is 13.9. The summed E-state index contributed by atoms with van der Waals surface area (Å²) < 4.78 is 13.9. The molecule has 7 heteroatoms. The van der Waals surface area contributed by atoms with Gasteiger partial charge in [0.05, 0.1) is 12.1 Å². The second-order valence-electron chi connectivity index (χ2n) is 7.46. The number of benzene rings is 2. The Morgan fingerprint density at radius 2 is 2.00 bits per heavy atom. The lowest BCUT2D eigenvalue weighted by atomic mass is 10.0. The molecule has 2 aromatic carbocycles. The molecule has 0 radical (unpaired) electrons. The number of phenolic OH excluding ortho intramolecular Hbond substituents is 1. The molecule has 1 aliphatic rings. The molecule has 6 nitrogen and oxygen atoms in total. The van der Waals surface area contributed by atoms with Crippen molar-refractivity contribution >= 4 is 11.7 Å². The summed E-state index contributed by atoms with van der Waals surface area (Å²) in [5.74, 6) is -0.150. The van der Waals surface area contributed by atoms with Gasteiger partial charge in [-0.3, -0.25) is 0 Å².